The second-order valence-electron chi connectivity index (χ2n) is 5.77. The lowest BCUT2D eigenvalue weighted by atomic mass is 9.73. The lowest BCUT2D eigenvalue weighted by molar-refractivity contribution is -0.00539. The maximum Gasteiger partial charge on any atom is 0.154 e. The average Bonchev–Trinajstić information content (AvgIpc) is 2.40. The second-order valence-corrected chi connectivity index (χ2v) is 5.77. The molecule has 0 radical (unpaired) electrons. The number of hydrogen-bond acceptors (Lipinski definition) is 5. The number of fused-ring (bicyclic) bond motifs is 1. The molecular weight excluding hydrogens is 240 g/mol. The Balaban J connectivity index is 2.17. The first-order valence-electron chi connectivity index (χ1n) is 6.53. The van der Waals surface area contributed by atoms with Gasteiger partial charge in [-0.2, -0.15) is 5.10 Å². The Morgan fingerprint density at radius 2 is 2.16 bits per heavy atom. The molecule has 1 atom stereocenters. The number of hydrogen-bond donors (Lipinski definition) is 1. The lowest BCUT2D eigenvalue weighted by Crippen LogP contribution is -2.34. The molecule has 0 aromatic carbocycles. The predicted molar refractivity (Wildman–Crippen MR) is 73.7 cm³/mol. The molecule has 1 saturated heterocycles. The first-order chi connectivity index (χ1) is 9.09. The fourth-order valence-corrected chi connectivity index (χ4v) is 2.83. The third-order valence-electron chi connectivity index (χ3n) is 3.94. The highest BCUT2D eigenvalue weighted by Gasteiger charge is 2.36. The molecule has 0 aliphatic carbocycles. The molecule has 1 fully saturated rings. The van der Waals surface area contributed by atoms with Crippen LogP contribution < -0.4 is 5.73 Å². The van der Waals surface area contributed by atoms with Gasteiger partial charge in [0.15, 0.2) is 5.82 Å². The summed E-state index contributed by atoms with van der Waals surface area (Å²) in [6.07, 6.45) is 4.52. The molecule has 5 heteroatoms. The molecule has 2 aromatic rings. The quantitative estimate of drug-likeness (QED) is 0.848. The SMILES string of the molecule is CC1(C)COCCC1c1nnc(N)c2ccncc12. The van der Waals surface area contributed by atoms with Crippen molar-refractivity contribution in [2.24, 2.45) is 5.41 Å². The van der Waals surface area contributed by atoms with Crippen LogP contribution in [0.5, 0.6) is 0 Å². The third-order valence-corrected chi connectivity index (χ3v) is 3.94. The van der Waals surface area contributed by atoms with Crippen LogP contribution in [0.15, 0.2) is 18.5 Å². The standard InChI is InChI=1S/C14H18N4O/c1-14(2)8-19-6-4-11(14)12-10-7-16-5-3-9(10)13(15)18-17-12/h3,5,7,11H,4,6,8H2,1-2H3,(H2,15,18). The van der Waals surface area contributed by atoms with Gasteiger partial charge in [-0.3, -0.25) is 4.98 Å². The topological polar surface area (TPSA) is 73.9 Å². The van der Waals surface area contributed by atoms with Crippen molar-refractivity contribution in [3.8, 4) is 0 Å². The number of rotatable bonds is 1. The normalized spacial score (nSPS) is 22.5. The molecule has 0 bridgehead atoms. The number of nitrogens with two attached hydrogens (primary N) is 1. The van der Waals surface area contributed by atoms with Crippen molar-refractivity contribution >= 4 is 16.6 Å². The predicted octanol–water partition coefficient (Wildman–Crippen LogP) is 2.14. The summed E-state index contributed by atoms with van der Waals surface area (Å²) in [7, 11) is 0. The largest absolute Gasteiger partial charge is 0.382 e. The smallest absolute Gasteiger partial charge is 0.154 e. The van der Waals surface area contributed by atoms with Crippen LogP contribution in [-0.4, -0.2) is 28.4 Å². The van der Waals surface area contributed by atoms with Crippen LogP contribution in [0.3, 0.4) is 0 Å². The van der Waals surface area contributed by atoms with Gasteiger partial charge >= 0.3 is 0 Å². The Bertz CT molecular complexity index is 611. The van der Waals surface area contributed by atoms with E-state index in [1.807, 2.05) is 12.3 Å². The minimum atomic E-state index is 0.0474. The van der Waals surface area contributed by atoms with Crippen LogP contribution in [0.1, 0.15) is 31.9 Å². The van der Waals surface area contributed by atoms with Crippen LogP contribution in [0, 0.1) is 5.41 Å². The van der Waals surface area contributed by atoms with Gasteiger partial charge in [-0.15, -0.1) is 5.10 Å². The fraction of sp³-hybridized carbons (Fsp3) is 0.500. The van der Waals surface area contributed by atoms with Crippen LogP contribution >= 0.6 is 0 Å². The first-order valence-corrected chi connectivity index (χ1v) is 6.53. The summed E-state index contributed by atoms with van der Waals surface area (Å²) in [5.41, 5.74) is 6.93. The summed E-state index contributed by atoms with van der Waals surface area (Å²) in [5, 5.41) is 10.4. The molecule has 0 spiro atoms. The number of nitrogens with zero attached hydrogens (tertiary/aromatic N) is 3. The Hall–Kier alpha value is -1.75. The van der Waals surface area contributed by atoms with Crippen molar-refractivity contribution in [3.63, 3.8) is 0 Å². The van der Waals surface area contributed by atoms with E-state index in [2.05, 4.69) is 29.0 Å². The Morgan fingerprint density at radius 3 is 2.95 bits per heavy atom. The summed E-state index contributed by atoms with van der Waals surface area (Å²) >= 11 is 0. The average molecular weight is 258 g/mol. The van der Waals surface area contributed by atoms with Crippen LogP contribution in [0.25, 0.3) is 10.8 Å². The maximum absolute atomic E-state index is 5.90. The van der Waals surface area contributed by atoms with E-state index in [-0.39, 0.29) is 5.41 Å². The van der Waals surface area contributed by atoms with E-state index < -0.39 is 0 Å². The number of nitrogen functional groups attached to an aromatic ring is 1. The molecule has 2 N–H and O–H groups in total. The van der Waals surface area contributed by atoms with E-state index in [0.29, 0.717) is 11.7 Å². The first kappa shape index (κ1) is 12.3. The molecule has 1 aliphatic rings. The van der Waals surface area contributed by atoms with E-state index >= 15 is 0 Å². The highest BCUT2D eigenvalue weighted by Crippen LogP contribution is 2.42. The lowest BCUT2D eigenvalue weighted by Gasteiger charge is -2.38. The molecule has 0 saturated carbocycles. The highest BCUT2D eigenvalue weighted by molar-refractivity contribution is 5.91. The zero-order chi connectivity index (χ0) is 13.5. The molecule has 19 heavy (non-hydrogen) atoms. The summed E-state index contributed by atoms with van der Waals surface area (Å²) < 4.78 is 5.58. The van der Waals surface area contributed by atoms with Gasteiger partial charge in [0.25, 0.3) is 0 Å². The van der Waals surface area contributed by atoms with E-state index in [0.717, 1.165) is 36.1 Å². The molecule has 2 aromatic heterocycles. The van der Waals surface area contributed by atoms with Crippen LogP contribution in [-0.2, 0) is 4.74 Å². The van der Waals surface area contributed by atoms with Gasteiger partial charge in [0, 0.05) is 35.7 Å². The summed E-state index contributed by atoms with van der Waals surface area (Å²) in [6.45, 7) is 5.92. The van der Waals surface area contributed by atoms with Gasteiger partial charge in [0.2, 0.25) is 0 Å². The summed E-state index contributed by atoms with van der Waals surface area (Å²) in [5.74, 6) is 0.784. The van der Waals surface area contributed by atoms with E-state index in [1.54, 1.807) is 6.20 Å². The van der Waals surface area contributed by atoms with Crippen LogP contribution in [0.2, 0.25) is 0 Å². The monoisotopic (exact) mass is 258 g/mol. The van der Waals surface area contributed by atoms with Gasteiger partial charge in [0.05, 0.1) is 12.3 Å². The van der Waals surface area contributed by atoms with Crippen molar-refractivity contribution < 1.29 is 4.74 Å². The Kier molecular flexibility index (Phi) is 2.86. The Morgan fingerprint density at radius 1 is 1.32 bits per heavy atom. The second kappa shape index (κ2) is 4.42. The van der Waals surface area contributed by atoms with E-state index in [9.17, 15) is 0 Å². The number of anilines is 1. The number of pyridine rings is 1. The molecule has 1 unspecified atom stereocenters. The third kappa shape index (κ3) is 2.04. The summed E-state index contributed by atoms with van der Waals surface area (Å²) in [6, 6.07) is 1.90. The molecule has 3 rings (SSSR count). The van der Waals surface area contributed by atoms with Crippen molar-refractivity contribution in [2.75, 3.05) is 18.9 Å². The number of aromatic nitrogens is 3. The van der Waals surface area contributed by atoms with E-state index in [4.69, 9.17) is 10.5 Å². The number of ether oxygens (including phenoxy) is 1. The molecule has 5 nitrogen and oxygen atoms in total. The molecule has 100 valence electrons. The van der Waals surface area contributed by atoms with E-state index in [1.165, 1.54) is 0 Å². The minimum Gasteiger partial charge on any atom is -0.382 e. The van der Waals surface area contributed by atoms with Crippen molar-refractivity contribution in [2.45, 2.75) is 26.2 Å². The van der Waals surface area contributed by atoms with Crippen molar-refractivity contribution in [3.05, 3.63) is 24.2 Å². The van der Waals surface area contributed by atoms with Gasteiger partial charge in [-0.05, 0) is 17.9 Å². The zero-order valence-electron chi connectivity index (χ0n) is 11.3. The van der Waals surface area contributed by atoms with Crippen molar-refractivity contribution in [1.29, 1.82) is 0 Å². The van der Waals surface area contributed by atoms with Gasteiger partial charge in [-0.1, -0.05) is 13.8 Å². The maximum atomic E-state index is 5.90. The minimum absolute atomic E-state index is 0.0474. The summed E-state index contributed by atoms with van der Waals surface area (Å²) in [4.78, 5) is 4.20. The van der Waals surface area contributed by atoms with Crippen molar-refractivity contribution in [1.82, 2.24) is 15.2 Å². The molecule has 3 heterocycles. The molecule has 1 aliphatic heterocycles. The molecular formula is C14H18N4O. The fourth-order valence-electron chi connectivity index (χ4n) is 2.83. The zero-order valence-corrected chi connectivity index (χ0v) is 11.3. The van der Waals surface area contributed by atoms with Crippen LogP contribution in [0.4, 0.5) is 5.82 Å². The van der Waals surface area contributed by atoms with Gasteiger partial charge < -0.3 is 10.5 Å². The van der Waals surface area contributed by atoms with Gasteiger partial charge in [0.1, 0.15) is 0 Å². The Labute approximate surface area is 112 Å². The highest BCUT2D eigenvalue weighted by atomic mass is 16.5. The van der Waals surface area contributed by atoms with Gasteiger partial charge in [-0.25, -0.2) is 0 Å². The molecule has 0 amide bonds.